The zero-order chi connectivity index (χ0) is 9.14. The molecule has 4 nitrogen and oxygen atoms in total. The molecule has 0 aliphatic rings. The lowest BCUT2D eigenvalue weighted by Gasteiger charge is -2.12. The molecule has 0 spiro atoms. The first-order valence-corrected chi connectivity index (χ1v) is 5.05. The smallest absolute Gasteiger partial charge is 0.0398 e. The molecule has 0 bridgehead atoms. The van der Waals surface area contributed by atoms with Crippen LogP contribution < -0.4 is 0 Å². The Morgan fingerprint density at radius 2 is 1.25 bits per heavy atom. The van der Waals surface area contributed by atoms with Crippen LogP contribution in [-0.4, -0.2) is 17.5 Å². The molecule has 0 aliphatic heterocycles. The summed E-state index contributed by atoms with van der Waals surface area (Å²) in [5, 5.41) is 0. The molecule has 0 aliphatic carbocycles. The highest BCUT2D eigenvalue weighted by Gasteiger charge is 2.00. The Balaban J connectivity index is 3.27. The number of hydrogen-bond donors (Lipinski definition) is 0. The number of benzene rings is 1. The predicted molar refractivity (Wildman–Crippen MR) is 40.8 cm³/mol. The Morgan fingerprint density at radius 3 is 1.50 bits per heavy atom. The first-order valence-electron chi connectivity index (χ1n) is 2.90. The van der Waals surface area contributed by atoms with Crippen LogP contribution in [0.2, 0.25) is 0 Å². The van der Waals surface area contributed by atoms with Gasteiger partial charge in [-0.25, -0.2) is 0 Å². The van der Waals surface area contributed by atoms with E-state index in [1.165, 1.54) is 24.3 Å². The van der Waals surface area contributed by atoms with Gasteiger partial charge in [-0.2, -0.15) is 0 Å². The molecule has 0 N–H and O–H groups in total. The fourth-order valence-electron chi connectivity index (χ4n) is 0.726. The van der Waals surface area contributed by atoms with Gasteiger partial charge < -0.3 is 9.11 Å². The van der Waals surface area contributed by atoms with Gasteiger partial charge in [0, 0.05) is 9.79 Å². The van der Waals surface area contributed by atoms with Gasteiger partial charge in [-0.05, 0) is 34.3 Å². The Bertz CT molecular complexity index is 303. The minimum Gasteiger partial charge on any atom is -0.768 e. The molecule has 0 amide bonds. The van der Waals surface area contributed by atoms with Crippen LogP contribution >= 0.6 is 0 Å². The summed E-state index contributed by atoms with van der Waals surface area (Å²) in [6.07, 6.45) is 0. The molecule has 66 valence electrons. The van der Waals surface area contributed by atoms with Gasteiger partial charge in [0.15, 0.2) is 0 Å². The zero-order valence-corrected chi connectivity index (χ0v) is 7.39. The van der Waals surface area contributed by atoms with Crippen molar-refractivity contribution in [3.8, 4) is 0 Å². The van der Waals surface area contributed by atoms with Crippen molar-refractivity contribution in [2.45, 2.75) is 9.79 Å². The number of rotatable bonds is 2. The van der Waals surface area contributed by atoms with E-state index in [0.717, 1.165) is 0 Å². The molecule has 0 radical (unpaired) electrons. The second kappa shape index (κ2) is 3.90. The maximum Gasteiger partial charge on any atom is 0.0398 e. The second-order valence-electron chi connectivity index (χ2n) is 1.92. The third-order valence-electron chi connectivity index (χ3n) is 1.21. The summed E-state index contributed by atoms with van der Waals surface area (Å²) in [5.41, 5.74) is 0. The third-order valence-corrected chi connectivity index (χ3v) is 2.77. The maximum atomic E-state index is 10.5. The van der Waals surface area contributed by atoms with E-state index in [4.69, 9.17) is 0 Å². The Labute approximate surface area is 74.2 Å². The van der Waals surface area contributed by atoms with Crippen LogP contribution in [0.4, 0.5) is 0 Å². The largest absolute Gasteiger partial charge is 0.768 e. The molecule has 2 atom stereocenters. The van der Waals surface area contributed by atoms with E-state index in [1.807, 2.05) is 0 Å². The van der Waals surface area contributed by atoms with Crippen molar-refractivity contribution in [3.63, 3.8) is 0 Å². The molecule has 6 heteroatoms. The van der Waals surface area contributed by atoms with E-state index < -0.39 is 22.2 Å². The highest BCUT2D eigenvalue weighted by molar-refractivity contribution is 7.82. The molecular formula is C6H4O4S2-2. The van der Waals surface area contributed by atoms with Crippen molar-refractivity contribution in [2.24, 2.45) is 0 Å². The van der Waals surface area contributed by atoms with Crippen LogP contribution in [0.25, 0.3) is 0 Å². The average molecular weight is 204 g/mol. The number of hydrogen-bond acceptors (Lipinski definition) is 4. The van der Waals surface area contributed by atoms with E-state index in [0.29, 0.717) is 0 Å². The fraction of sp³-hybridized carbons (Fsp3) is 0. The molecule has 0 saturated carbocycles. The van der Waals surface area contributed by atoms with E-state index in [-0.39, 0.29) is 9.79 Å². The molecule has 1 aromatic rings. The lowest BCUT2D eigenvalue weighted by atomic mass is 10.4. The summed E-state index contributed by atoms with van der Waals surface area (Å²) >= 11 is -5.01. The van der Waals surface area contributed by atoms with Crippen molar-refractivity contribution in [2.75, 3.05) is 0 Å². The monoisotopic (exact) mass is 204 g/mol. The lowest BCUT2D eigenvalue weighted by molar-refractivity contribution is 0.523. The summed E-state index contributed by atoms with van der Waals surface area (Å²) < 4.78 is 41.8. The Morgan fingerprint density at radius 1 is 0.917 bits per heavy atom. The Hall–Kier alpha value is -0.560. The standard InChI is InChI=1S/C6H6O4S2/c7-11(8)5-3-1-2-4-6(5)12(9)10/h1-4H,(H,7,8)(H,9,10)/p-2. The third kappa shape index (κ3) is 1.98. The molecule has 0 fully saturated rings. The van der Waals surface area contributed by atoms with Crippen molar-refractivity contribution < 1.29 is 17.5 Å². The highest BCUT2D eigenvalue weighted by Crippen LogP contribution is 2.14. The van der Waals surface area contributed by atoms with E-state index in [9.17, 15) is 17.5 Å². The summed E-state index contributed by atoms with van der Waals surface area (Å²) in [5.74, 6) is 0. The molecule has 1 aromatic carbocycles. The second-order valence-corrected chi connectivity index (χ2v) is 3.73. The van der Waals surface area contributed by atoms with Crippen molar-refractivity contribution in [3.05, 3.63) is 24.3 Å². The normalized spacial score (nSPS) is 15.5. The maximum absolute atomic E-state index is 10.5. The first-order chi connectivity index (χ1) is 5.63. The van der Waals surface area contributed by atoms with E-state index in [2.05, 4.69) is 0 Å². The van der Waals surface area contributed by atoms with Crippen LogP contribution in [-0.2, 0) is 22.2 Å². The average Bonchev–Trinajstić information content (AvgIpc) is 2.04. The summed E-state index contributed by atoms with van der Waals surface area (Å²) in [7, 11) is 0. The van der Waals surface area contributed by atoms with E-state index in [1.54, 1.807) is 0 Å². The summed E-state index contributed by atoms with van der Waals surface area (Å²) in [6.45, 7) is 0. The SMILES string of the molecule is O=S([O-])c1ccccc1S(=O)[O-]. The van der Waals surface area contributed by atoms with Gasteiger partial charge in [0.05, 0.1) is 0 Å². The van der Waals surface area contributed by atoms with Crippen molar-refractivity contribution in [1.82, 2.24) is 0 Å². The van der Waals surface area contributed by atoms with Gasteiger partial charge in [0.1, 0.15) is 0 Å². The van der Waals surface area contributed by atoms with Crippen LogP contribution in [0, 0.1) is 0 Å². The molecule has 1 rings (SSSR count). The van der Waals surface area contributed by atoms with Crippen molar-refractivity contribution >= 4 is 22.2 Å². The van der Waals surface area contributed by atoms with Gasteiger partial charge in [-0.3, -0.25) is 8.42 Å². The van der Waals surface area contributed by atoms with Crippen LogP contribution in [0.1, 0.15) is 0 Å². The van der Waals surface area contributed by atoms with Gasteiger partial charge in [0.2, 0.25) is 0 Å². The quantitative estimate of drug-likeness (QED) is 0.643. The highest BCUT2D eigenvalue weighted by atomic mass is 32.2. The molecule has 0 aromatic heterocycles. The van der Waals surface area contributed by atoms with Gasteiger partial charge >= 0.3 is 0 Å². The lowest BCUT2D eigenvalue weighted by Crippen LogP contribution is -1.98. The molecule has 12 heavy (non-hydrogen) atoms. The predicted octanol–water partition coefficient (Wildman–Crippen LogP) is 0.163. The van der Waals surface area contributed by atoms with Crippen LogP contribution in [0.3, 0.4) is 0 Å². The van der Waals surface area contributed by atoms with Gasteiger partial charge in [-0.15, -0.1) is 0 Å². The topological polar surface area (TPSA) is 80.3 Å². The molecule has 0 heterocycles. The van der Waals surface area contributed by atoms with Crippen molar-refractivity contribution in [1.29, 1.82) is 0 Å². The summed E-state index contributed by atoms with van der Waals surface area (Å²) in [4.78, 5) is -0.406. The van der Waals surface area contributed by atoms with Crippen LogP contribution in [0.15, 0.2) is 34.1 Å². The minimum absolute atomic E-state index is 0.203. The molecule has 0 saturated heterocycles. The first kappa shape index (κ1) is 9.53. The minimum atomic E-state index is -2.50. The Kier molecular flexibility index (Phi) is 3.10. The van der Waals surface area contributed by atoms with Crippen LogP contribution in [0.5, 0.6) is 0 Å². The summed E-state index contributed by atoms with van der Waals surface area (Å²) in [6, 6.07) is 5.38. The molecular weight excluding hydrogens is 200 g/mol. The zero-order valence-electron chi connectivity index (χ0n) is 5.76. The fourth-order valence-corrected chi connectivity index (χ4v) is 1.98. The van der Waals surface area contributed by atoms with Gasteiger partial charge in [-0.1, -0.05) is 12.1 Å². The van der Waals surface area contributed by atoms with Gasteiger partial charge in [0.25, 0.3) is 0 Å². The van der Waals surface area contributed by atoms with E-state index >= 15 is 0 Å². The molecule has 2 unspecified atom stereocenters.